The van der Waals surface area contributed by atoms with Crippen LogP contribution >= 0.6 is 0 Å². The first kappa shape index (κ1) is 20.9. The molecule has 0 heterocycles. The maximum atomic E-state index is 14.8. The predicted molar refractivity (Wildman–Crippen MR) is 111 cm³/mol. The van der Waals surface area contributed by atoms with Crippen LogP contribution in [-0.2, 0) is 9.59 Å². The van der Waals surface area contributed by atoms with Crippen molar-refractivity contribution in [3.05, 3.63) is 76.7 Å². The number of hydrogen-bond acceptors (Lipinski definition) is 4. The fraction of sp³-hybridized carbons (Fsp3) is 0.333. The lowest BCUT2D eigenvalue weighted by Gasteiger charge is -2.43. The van der Waals surface area contributed by atoms with E-state index in [1.165, 1.54) is 19.9 Å². The highest BCUT2D eigenvalue weighted by atomic mass is 19.1. The summed E-state index contributed by atoms with van der Waals surface area (Å²) in [6.07, 6.45) is 0.0883. The van der Waals surface area contributed by atoms with Crippen molar-refractivity contribution in [2.24, 2.45) is 5.92 Å². The smallest absolute Gasteiger partial charge is 0.158 e. The Balaban J connectivity index is 2.23. The summed E-state index contributed by atoms with van der Waals surface area (Å²) in [5, 5.41) is 14.4. The number of hydrogen-bond donors (Lipinski definition) is 2. The van der Waals surface area contributed by atoms with Crippen molar-refractivity contribution in [2.45, 2.75) is 45.6 Å². The van der Waals surface area contributed by atoms with E-state index in [9.17, 15) is 19.1 Å². The number of ketones is 2. The SMILES string of the molecule is CC(=O)C1=C(Nc2ccc(C)cc2)CC(C)(O)C(C(C)=O)C1c1ccccc1F. The topological polar surface area (TPSA) is 66.4 Å². The first-order valence-corrected chi connectivity index (χ1v) is 9.66. The van der Waals surface area contributed by atoms with E-state index in [4.69, 9.17) is 0 Å². The number of benzene rings is 2. The first-order valence-electron chi connectivity index (χ1n) is 9.66. The van der Waals surface area contributed by atoms with Crippen molar-refractivity contribution in [3.63, 3.8) is 0 Å². The van der Waals surface area contributed by atoms with E-state index in [-0.39, 0.29) is 23.6 Å². The number of nitrogens with one attached hydrogen (secondary N) is 1. The van der Waals surface area contributed by atoms with Crippen molar-refractivity contribution in [1.29, 1.82) is 0 Å². The Hall–Kier alpha value is -2.79. The Bertz CT molecular complexity index is 976. The molecule has 1 aliphatic carbocycles. The van der Waals surface area contributed by atoms with Crippen LogP contribution in [0.15, 0.2) is 59.8 Å². The van der Waals surface area contributed by atoms with Crippen molar-refractivity contribution < 1.29 is 19.1 Å². The molecular weight excluding hydrogens is 369 g/mol. The highest BCUT2D eigenvalue weighted by molar-refractivity contribution is 5.98. The molecule has 1 aliphatic rings. The third-order valence-corrected chi connectivity index (χ3v) is 5.58. The molecule has 2 N–H and O–H groups in total. The zero-order valence-corrected chi connectivity index (χ0v) is 17.1. The van der Waals surface area contributed by atoms with E-state index >= 15 is 0 Å². The number of anilines is 1. The summed E-state index contributed by atoms with van der Waals surface area (Å²) in [6.45, 7) is 6.34. The summed E-state index contributed by atoms with van der Waals surface area (Å²) in [6, 6.07) is 13.7. The lowest BCUT2D eigenvalue weighted by molar-refractivity contribution is -0.131. The number of Topliss-reactive ketones (excluding diaryl/α,β-unsaturated/α-hetero) is 2. The maximum absolute atomic E-state index is 14.8. The lowest BCUT2D eigenvalue weighted by atomic mass is 9.63. The molecule has 0 amide bonds. The molecular formula is C24H26FNO3. The molecule has 0 saturated heterocycles. The van der Waals surface area contributed by atoms with Gasteiger partial charge in [-0.15, -0.1) is 0 Å². The molecule has 152 valence electrons. The summed E-state index contributed by atoms with van der Waals surface area (Å²) in [7, 11) is 0. The van der Waals surface area contributed by atoms with Crippen LogP contribution in [0.5, 0.6) is 0 Å². The molecule has 0 fully saturated rings. The Morgan fingerprint density at radius 2 is 1.72 bits per heavy atom. The third-order valence-electron chi connectivity index (χ3n) is 5.58. The van der Waals surface area contributed by atoms with Crippen molar-refractivity contribution >= 4 is 17.3 Å². The molecule has 0 saturated carbocycles. The van der Waals surface area contributed by atoms with Crippen molar-refractivity contribution in [1.82, 2.24) is 0 Å². The maximum Gasteiger partial charge on any atom is 0.158 e. The summed E-state index contributed by atoms with van der Waals surface area (Å²) in [4.78, 5) is 25.3. The van der Waals surface area contributed by atoms with Crippen molar-refractivity contribution in [2.75, 3.05) is 5.32 Å². The van der Waals surface area contributed by atoms with Gasteiger partial charge >= 0.3 is 0 Å². The predicted octanol–water partition coefficient (Wildman–Crippen LogP) is 4.53. The number of carbonyl (C=O) groups excluding carboxylic acids is 2. The third kappa shape index (κ3) is 4.15. The largest absolute Gasteiger partial charge is 0.389 e. The molecule has 5 heteroatoms. The molecule has 0 aliphatic heterocycles. The fourth-order valence-electron chi connectivity index (χ4n) is 4.37. The first-order chi connectivity index (χ1) is 13.6. The lowest BCUT2D eigenvalue weighted by Crippen LogP contribution is -2.48. The van der Waals surface area contributed by atoms with E-state index in [2.05, 4.69) is 5.32 Å². The molecule has 2 aromatic rings. The molecule has 3 unspecified atom stereocenters. The second-order valence-corrected chi connectivity index (χ2v) is 8.06. The van der Waals surface area contributed by atoms with Crippen LogP contribution < -0.4 is 5.32 Å². The molecule has 3 atom stereocenters. The van der Waals surface area contributed by atoms with Gasteiger partial charge in [0.2, 0.25) is 0 Å². The molecule has 2 aromatic carbocycles. The average Bonchev–Trinajstić information content (AvgIpc) is 2.62. The van der Waals surface area contributed by atoms with Gasteiger partial charge in [0.1, 0.15) is 11.6 Å². The zero-order chi connectivity index (χ0) is 21.3. The molecule has 0 bridgehead atoms. The Kier molecular flexibility index (Phi) is 5.71. The van der Waals surface area contributed by atoms with E-state index < -0.39 is 23.3 Å². The summed E-state index contributed by atoms with van der Waals surface area (Å²) in [5.74, 6) is -2.84. The molecule has 0 aromatic heterocycles. The summed E-state index contributed by atoms with van der Waals surface area (Å²) >= 11 is 0. The number of aliphatic hydroxyl groups is 1. The normalized spacial score (nSPS) is 24.3. The van der Waals surface area contributed by atoms with Crippen LogP contribution in [0.1, 0.15) is 44.2 Å². The number of halogens is 1. The fourth-order valence-corrected chi connectivity index (χ4v) is 4.37. The van der Waals surface area contributed by atoms with Crippen LogP contribution in [0.25, 0.3) is 0 Å². The van der Waals surface area contributed by atoms with Gasteiger partial charge in [-0.1, -0.05) is 35.9 Å². The van der Waals surface area contributed by atoms with Gasteiger partial charge in [-0.3, -0.25) is 9.59 Å². The van der Waals surface area contributed by atoms with Gasteiger partial charge in [0.05, 0.1) is 11.5 Å². The number of allylic oxidation sites excluding steroid dienone is 1. The van der Waals surface area contributed by atoms with Crippen LogP contribution in [0, 0.1) is 18.7 Å². The zero-order valence-electron chi connectivity index (χ0n) is 17.1. The Morgan fingerprint density at radius 1 is 1.10 bits per heavy atom. The van der Waals surface area contributed by atoms with Crippen LogP contribution in [0.2, 0.25) is 0 Å². The van der Waals surface area contributed by atoms with Crippen LogP contribution in [0.4, 0.5) is 10.1 Å². The minimum atomic E-state index is -1.44. The molecule has 29 heavy (non-hydrogen) atoms. The van der Waals surface area contributed by atoms with Gasteiger partial charge in [0, 0.05) is 29.3 Å². The van der Waals surface area contributed by atoms with E-state index in [1.54, 1.807) is 25.1 Å². The minimum Gasteiger partial charge on any atom is -0.389 e. The van der Waals surface area contributed by atoms with E-state index in [0.29, 0.717) is 11.3 Å². The van der Waals surface area contributed by atoms with Gasteiger partial charge in [-0.25, -0.2) is 4.39 Å². The Morgan fingerprint density at radius 3 is 2.28 bits per heavy atom. The number of aryl methyl sites for hydroxylation is 1. The summed E-state index contributed by atoms with van der Waals surface area (Å²) < 4.78 is 14.8. The summed E-state index contributed by atoms with van der Waals surface area (Å²) in [5.41, 5.74) is 1.49. The second-order valence-electron chi connectivity index (χ2n) is 8.06. The second kappa shape index (κ2) is 7.91. The standard InChI is InChI=1S/C24H26FNO3/c1-14-9-11-17(12-10-14)26-20-13-24(4,29)23(16(3)28)22(21(20)15(2)27)18-7-5-6-8-19(18)25/h5-12,22-23,26,29H,13H2,1-4H3. The van der Waals surface area contributed by atoms with Gasteiger partial charge < -0.3 is 10.4 Å². The van der Waals surface area contributed by atoms with Gasteiger partial charge in [-0.05, 0) is 51.5 Å². The highest BCUT2D eigenvalue weighted by Gasteiger charge is 2.49. The minimum absolute atomic E-state index is 0.0883. The van der Waals surface area contributed by atoms with Gasteiger partial charge in [0.15, 0.2) is 5.78 Å². The number of rotatable bonds is 5. The van der Waals surface area contributed by atoms with Crippen molar-refractivity contribution in [3.8, 4) is 0 Å². The van der Waals surface area contributed by atoms with E-state index in [1.807, 2.05) is 31.2 Å². The molecule has 4 nitrogen and oxygen atoms in total. The average molecular weight is 395 g/mol. The van der Waals surface area contributed by atoms with Gasteiger partial charge in [-0.2, -0.15) is 0 Å². The van der Waals surface area contributed by atoms with Crippen LogP contribution in [0.3, 0.4) is 0 Å². The van der Waals surface area contributed by atoms with E-state index in [0.717, 1.165) is 11.3 Å². The van der Waals surface area contributed by atoms with Gasteiger partial charge in [0.25, 0.3) is 0 Å². The highest BCUT2D eigenvalue weighted by Crippen LogP contribution is 2.48. The Labute approximate surface area is 170 Å². The van der Waals surface area contributed by atoms with Crippen LogP contribution in [-0.4, -0.2) is 22.3 Å². The molecule has 3 rings (SSSR count). The monoisotopic (exact) mass is 395 g/mol. The molecule has 0 spiro atoms. The molecule has 0 radical (unpaired) electrons. The number of carbonyl (C=O) groups is 2. The quantitative estimate of drug-likeness (QED) is 0.780.